The van der Waals surface area contributed by atoms with E-state index >= 15 is 0 Å². The number of benzene rings is 1. The third-order valence-corrected chi connectivity index (χ3v) is 7.49. The Morgan fingerprint density at radius 2 is 1.89 bits per heavy atom. The van der Waals surface area contributed by atoms with Crippen LogP contribution in [0.3, 0.4) is 0 Å². The summed E-state index contributed by atoms with van der Waals surface area (Å²) >= 11 is 3.22. The van der Waals surface area contributed by atoms with Crippen molar-refractivity contribution in [3.63, 3.8) is 0 Å². The number of hydrogen-bond donors (Lipinski definition) is 0. The molecule has 0 aliphatic heterocycles. The molecule has 0 spiro atoms. The minimum absolute atomic E-state index is 0.150. The van der Waals surface area contributed by atoms with E-state index in [0.29, 0.717) is 0 Å². The van der Waals surface area contributed by atoms with Gasteiger partial charge in [-0.2, -0.15) is 0 Å². The van der Waals surface area contributed by atoms with Crippen LogP contribution in [0.1, 0.15) is 25.7 Å². The van der Waals surface area contributed by atoms with Crippen molar-refractivity contribution in [2.45, 2.75) is 35.6 Å². The molecule has 140 valence electrons. The first-order valence-corrected chi connectivity index (χ1v) is 10.8. The molecule has 1 aromatic carbocycles. The zero-order chi connectivity index (χ0) is 18.9. The molecule has 5 nitrogen and oxygen atoms in total. The lowest BCUT2D eigenvalue weighted by Crippen LogP contribution is -2.43. The second kappa shape index (κ2) is 7.48. The van der Waals surface area contributed by atoms with Crippen molar-refractivity contribution in [3.05, 3.63) is 47.8 Å². The predicted octanol–water partition coefficient (Wildman–Crippen LogP) is 4.61. The molecule has 0 atom stereocenters. The summed E-state index contributed by atoms with van der Waals surface area (Å²) in [5.74, 6) is 1.00. The van der Waals surface area contributed by atoms with Gasteiger partial charge in [-0.25, -0.2) is 0 Å². The second-order valence-electron chi connectivity index (χ2n) is 6.85. The normalized spacial score (nSPS) is 15.8. The molecule has 0 saturated heterocycles. The van der Waals surface area contributed by atoms with Gasteiger partial charge in [0.05, 0.1) is 4.88 Å². The van der Waals surface area contributed by atoms with Crippen LogP contribution in [-0.2, 0) is 11.8 Å². The number of anilines is 1. The number of carbonyl (C=O) groups is 1. The number of thiophene rings is 1. The fourth-order valence-corrected chi connectivity index (χ4v) is 5.69. The van der Waals surface area contributed by atoms with Gasteiger partial charge in [-0.05, 0) is 36.4 Å². The fraction of sp³-hybridized carbons (Fsp3) is 0.350. The molecule has 1 saturated carbocycles. The third kappa shape index (κ3) is 3.41. The maximum atomic E-state index is 13.5. The van der Waals surface area contributed by atoms with Crippen molar-refractivity contribution < 1.29 is 4.79 Å². The van der Waals surface area contributed by atoms with E-state index in [1.54, 1.807) is 28.0 Å². The Morgan fingerprint density at radius 1 is 1.15 bits per heavy atom. The SMILES string of the molecule is CN(C(=O)C1(Sc2nnc(-c3cccs3)n2C)CCCC1)c1ccccc1. The molecular formula is C20H22N4OS2. The predicted molar refractivity (Wildman–Crippen MR) is 111 cm³/mol. The van der Waals surface area contributed by atoms with Crippen LogP contribution in [0.15, 0.2) is 53.0 Å². The monoisotopic (exact) mass is 398 g/mol. The van der Waals surface area contributed by atoms with Crippen LogP contribution >= 0.6 is 23.1 Å². The van der Waals surface area contributed by atoms with Gasteiger partial charge in [0.25, 0.3) is 0 Å². The van der Waals surface area contributed by atoms with Crippen molar-refractivity contribution in [1.29, 1.82) is 0 Å². The van der Waals surface area contributed by atoms with Gasteiger partial charge in [-0.3, -0.25) is 4.79 Å². The topological polar surface area (TPSA) is 51.0 Å². The highest BCUT2D eigenvalue weighted by Crippen LogP contribution is 2.46. The third-order valence-electron chi connectivity index (χ3n) is 5.11. The lowest BCUT2D eigenvalue weighted by molar-refractivity contribution is -0.120. The highest BCUT2D eigenvalue weighted by molar-refractivity contribution is 8.01. The molecule has 0 N–H and O–H groups in total. The smallest absolute Gasteiger partial charge is 0.243 e. The maximum Gasteiger partial charge on any atom is 0.243 e. The van der Waals surface area contributed by atoms with E-state index in [1.165, 1.54) is 0 Å². The van der Waals surface area contributed by atoms with E-state index < -0.39 is 4.75 Å². The highest BCUT2D eigenvalue weighted by atomic mass is 32.2. The highest BCUT2D eigenvalue weighted by Gasteiger charge is 2.45. The molecule has 3 aromatic rings. The van der Waals surface area contributed by atoms with Crippen LogP contribution in [0.4, 0.5) is 5.69 Å². The van der Waals surface area contributed by atoms with Crippen LogP contribution in [0.2, 0.25) is 0 Å². The molecule has 1 fully saturated rings. The lowest BCUT2D eigenvalue weighted by atomic mass is 10.1. The number of thioether (sulfide) groups is 1. The fourth-order valence-electron chi connectivity index (χ4n) is 3.58. The van der Waals surface area contributed by atoms with Gasteiger partial charge in [-0.1, -0.05) is 48.9 Å². The Hall–Kier alpha value is -2.12. The first-order valence-electron chi connectivity index (χ1n) is 9.06. The molecule has 0 radical (unpaired) electrons. The Labute approximate surface area is 167 Å². The molecule has 2 heterocycles. The Bertz CT molecular complexity index is 915. The Balaban J connectivity index is 1.62. The van der Waals surface area contributed by atoms with E-state index in [2.05, 4.69) is 10.2 Å². The van der Waals surface area contributed by atoms with Gasteiger partial charge in [0.2, 0.25) is 5.91 Å². The van der Waals surface area contributed by atoms with Crippen molar-refractivity contribution in [3.8, 4) is 10.7 Å². The van der Waals surface area contributed by atoms with Crippen molar-refractivity contribution in [2.75, 3.05) is 11.9 Å². The van der Waals surface area contributed by atoms with E-state index in [9.17, 15) is 4.79 Å². The summed E-state index contributed by atoms with van der Waals surface area (Å²) in [4.78, 5) is 16.3. The standard InChI is InChI=1S/C20H22N4OS2/c1-23(15-9-4-3-5-10-15)18(25)20(12-6-7-13-20)27-19-22-21-17(24(19)2)16-11-8-14-26-16/h3-5,8-11,14H,6-7,12-13H2,1-2H3. The van der Waals surface area contributed by atoms with Crippen LogP contribution in [0.25, 0.3) is 10.7 Å². The lowest BCUT2D eigenvalue weighted by Gasteiger charge is -2.31. The van der Waals surface area contributed by atoms with Gasteiger partial charge in [0.15, 0.2) is 11.0 Å². The Morgan fingerprint density at radius 3 is 2.56 bits per heavy atom. The number of aromatic nitrogens is 3. The van der Waals surface area contributed by atoms with Gasteiger partial charge >= 0.3 is 0 Å². The minimum atomic E-state index is -0.474. The quantitative estimate of drug-likeness (QED) is 0.630. The summed E-state index contributed by atoms with van der Waals surface area (Å²) in [6, 6.07) is 13.9. The summed E-state index contributed by atoms with van der Waals surface area (Å²) in [6.07, 6.45) is 3.87. The van der Waals surface area contributed by atoms with E-state index in [-0.39, 0.29) is 5.91 Å². The van der Waals surface area contributed by atoms with Crippen LogP contribution in [0.5, 0.6) is 0 Å². The number of carbonyl (C=O) groups excluding carboxylic acids is 1. The van der Waals surface area contributed by atoms with E-state index in [4.69, 9.17) is 0 Å². The zero-order valence-electron chi connectivity index (χ0n) is 15.5. The van der Waals surface area contributed by atoms with Gasteiger partial charge in [0.1, 0.15) is 4.75 Å². The summed E-state index contributed by atoms with van der Waals surface area (Å²) in [6.45, 7) is 0. The minimum Gasteiger partial charge on any atom is -0.314 e. The van der Waals surface area contributed by atoms with Gasteiger partial charge in [-0.15, -0.1) is 21.5 Å². The number of para-hydroxylation sites is 1. The molecule has 0 bridgehead atoms. The molecule has 1 aliphatic rings. The first-order chi connectivity index (χ1) is 13.1. The number of rotatable bonds is 5. The average molecular weight is 399 g/mol. The number of nitrogens with zero attached hydrogens (tertiary/aromatic N) is 4. The van der Waals surface area contributed by atoms with Gasteiger partial charge in [0, 0.05) is 19.8 Å². The zero-order valence-corrected chi connectivity index (χ0v) is 17.1. The molecule has 2 aromatic heterocycles. The largest absolute Gasteiger partial charge is 0.314 e. The molecule has 1 amide bonds. The summed E-state index contributed by atoms with van der Waals surface area (Å²) in [5, 5.41) is 11.6. The summed E-state index contributed by atoms with van der Waals surface area (Å²) < 4.78 is 1.53. The molecule has 1 aliphatic carbocycles. The van der Waals surface area contributed by atoms with Gasteiger partial charge < -0.3 is 9.47 Å². The van der Waals surface area contributed by atoms with Crippen molar-refractivity contribution in [2.24, 2.45) is 7.05 Å². The van der Waals surface area contributed by atoms with Crippen LogP contribution in [-0.4, -0.2) is 32.5 Å². The Kier molecular flexibility index (Phi) is 5.06. The van der Waals surface area contributed by atoms with Crippen LogP contribution < -0.4 is 4.90 Å². The van der Waals surface area contributed by atoms with Crippen molar-refractivity contribution >= 4 is 34.7 Å². The van der Waals surface area contributed by atoms with Crippen molar-refractivity contribution in [1.82, 2.24) is 14.8 Å². The molecular weight excluding hydrogens is 376 g/mol. The maximum absolute atomic E-state index is 13.5. The summed E-state index contributed by atoms with van der Waals surface area (Å²) in [7, 11) is 3.84. The summed E-state index contributed by atoms with van der Waals surface area (Å²) in [5.41, 5.74) is 0.923. The number of amides is 1. The molecule has 7 heteroatoms. The molecule has 27 heavy (non-hydrogen) atoms. The number of hydrogen-bond acceptors (Lipinski definition) is 5. The molecule has 4 rings (SSSR count). The first kappa shape index (κ1) is 18.3. The second-order valence-corrected chi connectivity index (χ2v) is 9.14. The van der Waals surface area contributed by atoms with E-state index in [1.807, 2.05) is 66.5 Å². The van der Waals surface area contributed by atoms with Crippen LogP contribution in [0, 0.1) is 0 Å². The molecule has 0 unspecified atom stereocenters. The average Bonchev–Trinajstić information content (AvgIpc) is 3.45. The van der Waals surface area contributed by atoms with E-state index in [0.717, 1.165) is 47.2 Å².